The number of carbonyl (C=O) groups is 2. The Morgan fingerprint density at radius 2 is 1.66 bits per heavy atom. The lowest BCUT2D eigenvalue weighted by Crippen LogP contribution is -2.10. The number of nitrogens with zero attached hydrogens (tertiary/aromatic N) is 4. The lowest BCUT2D eigenvalue weighted by molar-refractivity contribution is -0.143. The van der Waals surface area contributed by atoms with Crippen LogP contribution in [0.5, 0.6) is 0 Å². The normalized spacial score (nSPS) is 10.9. The molecule has 0 aliphatic carbocycles. The third-order valence-corrected chi connectivity index (χ3v) is 5.11. The van der Waals surface area contributed by atoms with Crippen molar-refractivity contribution in [1.29, 1.82) is 0 Å². The van der Waals surface area contributed by atoms with E-state index in [9.17, 15) is 9.59 Å². The Kier molecular flexibility index (Phi) is 6.50. The predicted molar refractivity (Wildman–Crippen MR) is 121 cm³/mol. The minimum Gasteiger partial charge on any atom is -0.466 e. The van der Waals surface area contributed by atoms with Gasteiger partial charge in [0.25, 0.3) is 0 Å². The van der Waals surface area contributed by atoms with Gasteiger partial charge in [0.15, 0.2) is 17.2 Å². The molecule has 0 bridgehead atoms. The topological polar surface area (TPSA) is 113 Å². The number of hydrogen-bond acceptors (Lipinski definition) is 7. The van der Waals surface area contributed by atoms with E-state index in [2.05, 4.69) is 15.0 Å². The molecule has 0 aliphatic rings. The number of Topliss-reactive ketones (excluding diaryl/α,β-unsaturated/α-hetero) is 1. The SMILES string of the molecule is Nc1ncnc2c1ncn2CCCOC(=O)CCC(=O)c1ccc(-c2ccccc2)cc1. The Bertz CT molecular complexity index is 1220. The molecule has 2 N–H and O–H groups in total. The number of fused-ring (bicyclic) bond motifs is 1. The largest absolute Gasteiger partial charge is 0.466 e. The molecule has 2 aromatic carbocycles. The molecule has 8 nitrogen and oxygen atoms in total. The van der Waals surface area contributed by atoms with E-state index in [0.29, 0.717) is 35.5 Å². The zero-order chi connectivity index (χ0) is 22.3. The number of aromatic nitrogens is 4. The molecule has 162 valence electrons. The second-order valence-electron chi connectivity index (χ2n) is 7.31. The summed E-state index contributed by atoms with van der Waals surface area (Å²) in [6, 6.07) is 17.4. The molecule has 2 aromatic heterocycles. The number of benzene rings is 2. The van der Waals surface area contributed by atoms with Crippen molar-refractivity contribution in [2.24, 2.45) is 0 Å². The van der Waals surface area contributed by atoms with Crippen LogP contribution in [0.3, 0.4) is 0 Å². The van der Waals surface area contributed by atoms with Gasteiger partial charge in [-0.05, 0) is 17.5 Å². The average molecular weight is 429 g/mol. The van der Waals surface area contributed by atoms with E-state index in [1.807, 2.05) is 47.0 Å². The summed E-state index contributed by atoms with van der Waals surface area (Å²) < 4.78 is 7.09. The number of esters is 1. The Balaban J connectivity index is 1.20. The van der Waals surface area contributed by atoms with Gasteiger partial charge in [-0.3, -0.25) is 9.59 Å². The van der Waals surface area contributed by atoms with Crippen molar-refractivity contribution < 1.29 is 14.3 Å². The molecule has 0 saturated carbocycles. The summed E-state index contributed by atoms with van der Waals surface area (Å²) in [5.74, 6) is -0.135. The van der Waals surface area contributed by atoms with Crippen molar-refractivity contribution >= 4 is 28.7 Å². The molecule has 0 spiro atoms. The summed E-state index contributed by atoms with van der Waals surface area (Å²) in [7, 11) is 0. The summed E-state index contributed by atoms with van der Waals surface area (Å²) in [5.41, 5.74) is 9.70. The lowest BCUT2D eigenvalue weighted by atomic mass is 10.0. The molecule has 0 aliphatic heterocycles. The first-order valence-corrected chi connectivity index (χ1v) is 10.4. The lowest BCUT2D eigenvalue weighted by Gasteiger charge is -2.07. The second-order valence-corrected chi connectivity index (χ2v) is 7.31. The fourth-order valence-corrected chi connectivity index (χ4v) is 3.39. The van der Waals surface area contributed by atoms with Crippen molar-refractivity contribution in [1.82, 2.24) is 19.5 Å². The molecule has 0 amide bonds. The van der Waals surface area contributed by atoms with Gasteiger partial charge >= 0.3 is 5.97 Å². The zero-order valence-corrected chi connectivity index (χ0v) is 17.5. The monoisotopic (exact) mass is 429 g/mol. The molecule has 4 rings (SSSR count). The van der Waals surface area contributed by atoms with Crippen LogP contribution in [-0.2, 0) is 16.1 Å². The number of nitrogen functional groups attached to an aromatic ring is 1. The van der Waals surface area contributed by atoms with E-state index in [1.165, 1.54) is 6.33 Å². The first kappa shape index (κ1) is 21.2. The van der Waals surface area contributed by atoms with E-state index in [1.54, 1.807) is 18.5 Å². The van der Waals surface area contributed by atoms with E-state index < -0.39 is 0 Å². The number of anilines is 1. The maximum absolute atomic E-state index is 12.4. The minimum absolute atomic E-state index is 0.0526. The minimum atomic E-state index is -0.388. The first-order chi connectivity index (χ1) is 15.6. The highest BCUT2D eigenvalue weighted by atomic mass is 16.5. The highest BCUT2D eigenvalue weighted by Gasteiger charge is 2.11. The first-order valence-electron chi connectivity index (χ1n) is 10.4. The molecule has 0 atom stereocenters. The number of imidazole rings is 1. The smallest absolute Gasteiger partial charge is 0.306 e. The number of aryl methyl sites for hydroxylation is 1. The van der Waals surface area contributed by atoms with Crippen molar-refractivity contribution in [3.63, 3.8) is 0 Å². The van der Waals surface area contributed by atoms with Crippen LogP contribution in [-0.4, -0.2) is 37.9 Å². The molecule has 0 radical (unpaired) electrons. The Labute approximate surface area is 185 Å². The Morgan fingerprint density at radius 3 is 2.44 bits per heavy atom. The Morgan fingerprint density at radius 1 is 0.906 bits per heavy atom. The van der Waals surface area contributed by atoms with Gasteiger partial charge in [-0.2, -0.15) is 0 Å². The molecule has 0 saturated heterocycles. The van der Waals surface area contributed by atoms with Crippen molar-refractivity contribution in [2.75, 3.05) is 12.3 Å². The van der Waals surface area contributed by atoms with Crippen LogP contribution in [0.15, 0.2) is 67.3 Å². The second kappa shape index (κ2) is 9.82. The molecule has 8 heteroatoms. The number of ketones is 1. The van der Waals surface area contributed by atoms with Crippen LogP contribution in [0.25, 0.3) is 22.3 Å². The van der Waals surface area contributed by atoms with Gasteiger partial charge in [-0.25, -0.2) is 15.0 Å². The standard InChI is InChI=1S/C24H23N5O3/c25-23-22-24(27-15-26-23)29(16-28-22)13-4-14-32-21(31)12-11-20(30)19-9-7-18(8-10-19)17-5-2-1-3-6-17/h1-3,5-10,15-16H,4,11-14H2,(H2,25,26,27). The molecule has 0 fully saturated rings. The van der Waals surface area contributed by atoms with Gasteiger partial charge in [0.1, 0.15) is 11.8 Å². The maximum atomic E-state index is 12.4. The number of ether oxygens (including phenoxy) is 1. The van der Waals surface area contributed by atoms with E-state index >= 15 is 0 Å². The van der Waals surface area contributed by atoms with Crippen molar-refractivity contribution in [3.8, 4) is 11.1 Å². The van der Waals surface area contributed by atoms with Crippen LogP contribution in [0.1, 0.15) is 29.6 Å². The highest BCUT2D eigenvalue weighted by Crippen LogP contribution is 2.20. The van der Waals surface area contributed by atoms with Crippen LogP contribution in [0, 0.1) is 0 Å². The molecule has 0 unspecified atom stereocenters. The summed E-state index contributed by atoms with van der Waals surface area (Å²) in [4.78, 5) is 36.7. The molecule has 4 aromatic rings. The summed E-state index contributed by atoms with van der Waals surface area (Å²) in [6.45, 7) is 0.825. The highest BCUT2D eigenvalue weighted by molar-refractivity contribution is 5.97. The number of nitrogens with two attached hydrogens (primary N) is 1. The van der Waals surface area contributed by atoms with E-state index in [-0.39, 0.29) is 31.2 Å². The van der Waals surface area contributed by atoms with Crippen LogP contribution in [0.4, 0.5) is 5.82 Å². The third kappa shape index (κ3) is 4.97. The van der Waals surface area contributed by atoms with E-state index in [0.717, 1.165) is 11.1 Å². The van der Waals surface area contributed by atoms with Gasteiger partial charge in [-0.15, -0.1) is 0 Å². The van der Waals surface area contributed by atoms with Crippen LogP contribution < -0.4 is 5.73 Å². The average Bonchev–Trinajstić information content (AvgIpc) is 3.25. The zero-order valence-electron chi connectivity index (χ0n) is 17.5. The third-order valence-electron chi connectivity index (χ3n) is 5.11. The van der Waals surface area contributed by atoms with E-state index in [4.69, 9.17) is 10.5 Å². The fraction of sp³-hybridized carbons (Fsp3) is 0.208. The number of rotatable bonds is 9. The number of carbonyl (C=O) groups excluding carboxylic acids is 2. The fourth-order valence-electron chi connectivity index (χ4n) is 3.39. The quantitative estimate of drug-likeness (QED) is 0.245. The van der Waals surface area contributed by atoms with Crippen molar-refractivity contribution in [3.05, 3.63) is 72.8 Å². The maximum Gasteiger partial charge on any atom is 0.306 e. The van der Waals surface area contributed by atoms with Gasteiger partial charge in [0.2, 0.25) is 0 Å². The number of hydrogen-bond donors (Lipinski definition) is 1. The molecular formula is C24H23N5O3. The Hall–Kier alpha value is -4.07. The van der Waals surface area contributed by atoms with Gasteiger partial charge in [0, 0.05) is 18.5 Å². The van der Waals surface area contributed by atoms with Gasteiger partial charge < -0.3 is 15.0 Å². The summed E-state index contributed by atoms with van der Waals surface area (Å²) in [6.07, 6.45) is 3.79. The molecule has 32 heavy (non-hydrogen) atoms. The van der Waals surface area contributed by atoms with Gasteiger partial charge in [-0.1, -0.05) is 54.6 Å². The van der Waals surface area contributed by atoms with Crippen LogP contribution >= 0.6 is 0 Å². The van der Waals surface area contributed by atoms with Gasteiger partial charge in [0.05, 0.1) is 19.4 Å². The van der Waals surface area contributed by atoms with Crippen LogP contribution in [0.2, 0.25) is 0 Å². The molecule has 2 heterocycles. The molecular weight excluding hydrogens is 406 g/mol. The summed E-state index contributed by atoms with van der Waals surface area (Å²) in [5, 5.41) is 0. The summed E-state index contributed by atoms with van der Waals surface area (Å²) >= 11 is 0. The predicted octanol–water partition coefficient (Wildman–Crippen LogP) is 3.67. The van der Waals surface area contributed by atoms with Crippen molar-refractivity contribution in [2.45, 2.75) is 25.8 Å².